The van der Waals surface area contributed by atoms with Crippen LogP contribution in [0.25, 0.3) is 15.3 Å². The molecule has 0 saturated heterocycles. The molecule has 158 valence electrons. The van der Waals surface area contributed by atoms with Crippen LogP contribution in [0.2, 0.25) is 0 Å². The molecule has 0 aliphatic carbocycles. The summed E-state index contributed by atoms with van der Waals surface area (Å²) in [6, 6.07) is 15.4. The molecule has 31 heavy (non-hydrogen) atoms. The summed E-state index contributed by atoms with van der Waals surface area (Å²) in [7, 11) is 0. The minimum Gasteiger partial charge on any atom is -0.508 e. The van der Waals surface area contributed by atoms with Crippen molar-refractivity contribution in [1.82, 2.24) is 20.2 Å². The van der Waals surface area contributed by atoms with Crippen LogP contribution in [0.5, 0.6) is 5.75 Å². The second kappa shape index (κ2) is 9.01. The number of amides is 2. The Morgan fingerprint density at radius 3 is 2.61 bits per heavy atom. The summed E-state index contributed by atoms with van der Waals surface area (Å²) < 4.78 is 2.83. The molecule has 1 atom stereocenters. The number of hydrogen-bond acceptors (Lipinski definition) is 5. The lowest BCUT2D eigenvalue weighted by Crippen LogP contribution is -2.45. The van der Waals surface area contributed by atoms with Gasteiger partial charge in [0.15, 0.2) is 5.13 Å². The number of hydrogen-bond donors (Lipinski definition) is 3. The van der Waals surface area contributed by atoms with Crippen LogP contribution in [-0.2, 0) is 11.2 Å². The molecular formula is C23H22N4O3S. The number of nitrogens with one attached hydrogen (secondary N) is 2. The number of rotatable bonds is 7. The molecule has 0 saturated carbocycles. The first kappa shape index (κ1) is 20.6. The van der Waals surface area contributed by atoms with Crippen molar-refractivity contribution < 1.29 is 14.7 Å². The van der Waals surface area contributed by atoms with Gasteiger partial charge in [0.05, 0.1) is 10.2 Å². The lowest BCUT2D eigenvalue weighted by atomic mass is 10.1. The molecule has 2 aromatic heterocycles. The van der Waals surface area contributed by atoms with Crippen molar-refractivity contribution in [2.75, 3.05) is 6.54 Å². The van der Waals surface area contributed by atoms with E-state index in [1.807, 2.05) is 47.3 Å². The van der Waals surface area contributed by atoms with E-state index in [0.717, 1.165) is 20.9 Å². The molecule has 0 aliphatic rings. The number of aromatic hydroxyl groups is 1. The van der Waals surface area contributed by atoms with Crippen LogP contribution < -0.4 is 10.6 Å². The standard InChI is InChI=1S/C23H22N4O3S/c1-15(21(29)24-11-10-16-4-7-18(28)8-5-16)25-22(30)17-6-9-19-20(14-17)31-23(26-19)27-12-2-3-13-27/h2-9,12-15,28H,10-11H2,1H3,(H,24,29)(H,25,30). The van der Waals surface area contributed by atoms with Gasteiger partial charge < -0.3 is 20.3 Å². The number of nitrogens with zero attached hydrogens (tertiary/aromatic N) is 2. The SMILES string of the molecule is CC(NC(=O)c1ccc2nc(-n3cccc3)sc2c1)C(=O)NCCc1ccc(O)cc1. The average Bonchev–Trinajstić information content (AvgIpc) is 3.44. The van der Waals surface area contributed by atoms with E-state index < -0.39 is 6.04 Å². The van der Waals surface area contributed by atoms with Gasteiger partial charge in [0.1, 0.15) is 11.8 Å². The summed E-state index contributed by atoms with van der Waals surface area (Å²) >= 11 is 1.50. The third-order valence-electron chi connectivity index (χ3n) is 4.85. The highest BCUT2D eigenvalue weighted by molar-refractivity contribution is 7.20. The van der Waals surface area contributed by atoms with Gasteiger partial charge in [0, 0.05) is 24.5 Å². The normalized spacial score (nSPS) is 11.9. The molecule has 0 radical (unpaired) electrons. The first-order chi connectivity index (χ1) is 15.0. The topological polar surface area (TPSA) is 96.2 Å². The predicted octanol–water partition coefficient (Wildman–Crippen LogP) is 3.27. The number of fused-ring (bicyclic) bond motifs is 1. The van der Waals surface area contributed by atoms with Gasteiger partial charge in [-0.15, -0.1) is 0 Å². The van der Waals surface area contributed by atoms with Gasteiger partial charge in [-0.1, -0.05) is 23.5 Å². The Morgan fingerprint density at radius 1 is 1.13 bits per heavy atom. The van der Waals surface area contributed by atoms with E-state index in [0.29, 0.717) is 18.5 Å². The van der Waals surface area contributed by atoms with Crippen LogP contribution in [-0.4, -0.2) is 39.1 Å². The molecule has 8 heteroatoms. The second-order valence-electron chi connectivity index (χ2n) is 7.17. The fraction of sp³-hybridized carbons (Fsp3) is 0.174. The molecular weight excluding hydrogens is 412 g/mol. The first-order valence-corrected chi connectivity index (χ1v) is 10.7. The molecule has 2 amide bonds. The summed E-state index contributed by atoms with van der Waals surface area (Å²) in [6.45, 7) is 2.10. The third kappa shape index (κ3) is 4.92. The van der Waals surface area contributed by atoms with Gasteiger partial charge in [-0.2, -0.15) is 0 Å². The molecule has 1 unspecified atom stereocenters. The van der Waals surface area contributed by atoms with Gasteiger partial charge in [-0.05, 0) is 61.4 Å². The fourth-order valence-corrected chi connectivity index (χ4v) is 4.09. The maximum atomic E-state index is 12.6. The Bertz CT molecular complexity index is 1200. The van der Waals surface area contributed by atoms with E-state index in [2.05, 4.69) is 15.6 Å². The maximum Gasteiger partial charge on any atom is 0.251 e. The van der Waals surface area contributed by atoms with Gasteiger partial charge in [-0.3, -0.25) is 9.59 Å². The van der Waals surface area contributed by atoms with Crippen molar-refractivity contribution in [2.24, 2.45) is 0 Å². The Morgan fingerprint density at radius 2 is 1.87 bits per heavy atom. The number of carbonyl (C=O) groups excluding carboxylic acids is 2. The Hall–Kier alpha value is -3.65. The van der Waals surface area contributed by atoms with E-state index >= 15 is 0 Å². The molecule has 0 aliphatic heterocycles. The fourth-order valence-electron chi connectivity index (χ4n) is 3.12. The van der Waals surface area contributed by atoms with Gasteiger partial charge in [0.2, 0.25) is 5.91 Å². The lowest BCUT2D eigenvalue weighted by molar-refractivity contribution is -0.122. The van der Waals surface area contributed by atoms with E-state index in [9.17, 15) is 14.7 Å². The van der Waals surface area contributed by atoms with Crippen LogP contribution in [0, 0.1) is 0 Å². The Labute approximate surface area is 183 Å². The van der Waals surface area contributed by atoms with Crippen LogP contribution in [0.1, 0.15) is 22.8 Å². The number of benzene rings is 2. The zero-order chi connectivity index (χ0) is 21.8. The van der Waals surface area contributed by atoms with Crippen molar-refractivity contribution in [3.05, 3.63) is 78.1 Å². The largest absolute Gasteiger partial charge is 0.508 e. The third-order valence-corrected chi connectivity index (χ3v) is 5.89. The van der Waals surface area contributed by atoms with E-state index in [-0.39, 0.29) is 17.6 Å². The highest BCUT2D eigenvalue weighted by Crippen LogP contribution is 2.26. The average molecular weight is 435 g/mol. The van der Waals surface area contributed by atoms with E-state index in [1.165, 1.54) is 11.3 Å². The summed E-state index contributed by atoms with van der Waals surface area (Å²) in [5.74, 6) is -0.346. The summed E-state index contributed by atoms with van der Waals surface area (Å²) in [6.07, 6.45) is 4.49. The van der Waals surface area contributed by atoms with Crippen molar-refractivity contribution in [3.8, 4) is 10.9 Å². The zero-order valence-corrected chi connectivity index (χ0v) is 17.7. The van der Waals surface area contributed by atoms with Crippen LogP contribution in [0.3, 0.4) is 0 Å². The zero-order valence-electron chi connectivity index (χ0n) is 16.9. The molecule has 2 aromatic carbocycles. The molecule has 4 rings (SSSR count). The lowest BCUT2D eigenvalue weighted by Gasteiger charge is -2.14. The summed E-state index contributed by atoms with van der Waals surface area (Å²) in [5.41, 5.74) is 2.32. The van der Waals surface area contributed by atoms with Crippen LogP contribution in [0.15, 0.2) is 67.0 Å². The summed E-state index contributed by atoms with van der Waals surface area (Å²) in [5, 5.41) is 15.7. The molecule has 7 nitrogen and oxygen atoms in total. The van der Waals surface area contributed by atoms with Crippen molar-refractivity contribution in [1.29, 1.82) is 0 Å². The van der Waals surface area contributed by atoms with Gasteiger partial charge >= 0.3 is 0 Å². The molecule has 0 bridgehead atoms. The molecule has 4 aromatic rings. The minimum absolute atomic E-state index is 0.210. The Kier molecular flexibility index (Phi) is 5.99. The second-order valence-corrected chi connectivity index (χ2v) is 8.18. The van der Waals surface area contributed by atoms with Gasteiger partial charge in [-0.25, -0.2) is 4.98 Å². The highest BCUT2D eigenvalue weighted by atomic mass is 32.1. The molecule has 3 N–H and O–H groups in total. The number of thiazole rings is 1. The number of carbonyl (C=O) groups is 2. The van der Waals surface area contributed by atoms with E-state index in [1.54, 1.807) is 31.2 Å². The quantitative estimate of drug-likeness (QED) is 0.416. The maximum absolute atomic E-state index is 12.6. The van der Waals surface area contributed by atoms with E-state index in [4.69, 9.17) is 0 Å². The molecule has 0 fully saturated rings. The van der Waals surface area contributed by atoms with Crippen molar-refractivity contribution in [2.45, 2.75) is 19.4 Å². The highest BCUT2D eigenvalue weighted by Gasteiger charge is 2.17. The van der Waals surface area contributed by atoms with Gasteiger partial charge in [0.25, 0.3) is 5.91 Å². The number of phenols is 1. The van der Waals surface area contributed by atoms with Crippen LogP contribution in [0.4, 0.5) is 0 Å². The smallest absolute Gasteiger partial charge is 0.251 e. The number of aromatic nitrogens is 2. The molecule has 0 spiro atoms. The van der Waals surface area contributed by atoms with Crippen molar-refractivity contribution >= 4 is 33.4 Å². The molecule has 2 heterocycles. The summed E-state index contributed by atoms with van der Waals surface area (Å²) in [4.78, 5) is 29.5. The monoisotopic (exact) mass is 434 g/mol. The Balaban J connectivity index is 1.33. The predicted molar refractivity (Wildman–Crippen MR) is 121 cm³/mol. The first-order valence-electron chi connectivity index (χ1n) is 9.90. The van der Waals surface area contributed by atoms with Crippen LogP contribution >= 0.6 is 11.3 Å². The van der Waals surface area contributed by atoms with Crippen molar-refractivity contribution in [3.63, 3.8) is 0 Å². The number of phenolic OH excluding ortho intramolecular Hbond substituents is 1. The minimum atomic E-state index is -0.667.